The molecule has 4 heteroatoms. The molecule has 2 aliphatic carbocycles. The summed E-state index contributed by atoms with van der Waals surface area (Å²) in [7, 11) is 0. The van der Waals surface area contributed by atoms with E-state index in [2.05, 4.69) is 41.7 Å². The predicted molar refractivity (Wildman–Crippen MR) is 84.4 cm³/mol. The molecule has 2 aromatic heterocycles. The van der Waals surface area contributed by atoms with Crippen molar-refractivity contribution in [2.45, 2.75) is 51.6 Å². The first-order valence-electron chi connectivity index (χ1n) is 7.94. The topological polar surface area (TPSA) is 38.1 Å². The molecule has 0 aromatic carbocycles. The number of nitrogens with zero attached hydrogens (tertiary/aromatic N) is 1. The fraction of sp³-hybridized carbons (Fsp3) is 0.588. The van der Waals surface area contributed by atoms with Crippen LogP contribution in [0.25, 0.3) is 0 Å². The zero-order chi connectivity index (χ0) is 14.4. The molecule has 21 heavy (non-hydrogen) atoms. The monoisotopic (exact) mass is 302 g/mol. The molecule has 0 amide bonds. The van der Waals surface area contributed by atoms with Crippen molar-refractivity contribution in [2.75, 3.05) is 0 Å². The number of nitrogens with one attached hydrogen (secondary N) is 1. The van der Waals surface area contributed by atoms with Gasteiger partial charge >= 0.3 is 0 Å². The number of thiazole rings is 1. The van der Waals surface area contributed by atoms with Crippen LogP contribution >= 0.6 is 11.3 Å². The number of aryl methyl sites for hydroxylation is 1. The van der Waals surface area contributed by atoms with Crippen molar-refractivity contribution >= 4 is 11.3 Å². The first-order chi connectivity index (χ1) is 10.2. The van der Waals surface area contributed by atoms with Crippen LogP contribution in [0.4, 0.5) is 0 Å². The molecule has 112 valence electrons. The van der Waals surface area contributed by atoms with E-state index in [0.29, 0.717) is 12.0 Å². The quantitative estimate of drug-likeness (QED) is 0.859. The number of hydrogen-bond acceptors (Lipinski definition) is 4. The van der Waals surface area contributed by atoms with E-state index < -0.39 is 0 Å². The first kappa shape index (κ1) is 13.5. The Balaban J connectivity index is 1.41. The average molecular weight is 302 g/mol. The first-order valence-corrected chi connectivity index (χ1v) is 8.82. The molecule has 3 atom stereocenters. The number of rotatable bonds is 6. The summed E-state index contributed by atoms with van der Waals surface area (Å²) in [5, 5.41) is 7.04. The van der Waals surface area contributed by atoms with E-state index >= 15 is 0 Å². The molecule has 0 radical (unpaired) electrons. The van der Waals surface area contributed by atoms with E-state index in [1.807, 2.05) is 0 Å². The molecule has 0 unspecified atom stereocenters. The molecule has 2 saturated carbocycles. The molecular formula is C17H22N2OS. The zero-order valence-electron chi connectivity index (χ0n) is 12.6. The Bertz CT molecular complexity index is 628. The molecule has 0 bridgehead atoms. The molecule has 4 rings (SSSR count). The van der Waals surface area contributed by atoms with Gasteiger partial charge in [0.25, 0.3) is 0 Å². The fourth-order valence-electron chi connectivity index (χ4n) is 3.02. The van der Waals surface area contributed by atoms with E-state index in [1.165, 1.54) is 30.0 Å². The normalized spacial score (nSPS) is 26.0. The lowest BCUT2D eigenvalue weighted by atomic mass is 10.2. The minimum Gasteiger partial charge on any atom is -0.464 e. The Hall–Kier alpha value is -1.13. The maximum atomic E-state index is 5.99. The molecule has 2 aromatic rings. The summed E-state index contributed by atoms with van der Waals surface area (Å²) in [4.78, 5) is 4.66. The Morgan fingerprint density at radius 3 is 2.86 bits per heavy atom. The summed E-state index contributed by atoms with van der Waals surface area (Å²) in [6.45, 7) is 5.17. The summed E-state index contributed by atoms with van der Waals surface area (Å²) < 4.78 is 5.99. The Morgan fingerprint density at radius 1 is 1.43 bits per heavy atom. The van der Waals surface area contributed by atoms with Gasteiger partial charge in [-0.15, -0.1) is 11.3 Å². The second-order valence-corrected chi connectivity index (χ2v) is 7.54. The van der Waals surface area contributed by atoms with Gasteiger partial charge in [-0.1, -0.05) is 6.92 Å². The van der Waals surface area contributed by atoms with Crippen molar-refractivity contribution in [1.29, 1.82) is 0 Å². The molecular weight excluding hydrogens is 280 g/mol. The van der Waals surface area contributed by atoms with Gasteiger partial charge < -0.3 is 9.73 Å². The Kier molecular flexibility index (Phi) is 3.38. The van der Waals surface area contributed by atoms with Crippen molar-refractivity contribution < 1.29 is 4.42 Å². The predicted octanol–water partition coefficient (Wildman–Crippen LogP) is 4.41. The van der Waals surface area contributed by atoms with Gasteiger partial charge in [-0.25, -0.2) is 4.98 Å². The zero-order valence-corrected chi connectivity index (χ0v) is 13.5. The summed E-state index contributed by atoms with van der Waals surface area (Å²) in [5.41, 5.74) is 1.13. The van der Waals surface area contributed by atoms with Gasteiger partial charge in [0.2, 0.25) is 0 Å². The molecule has 3 nitrogen and oxygen atoms in total. The summed E-state index contributed by atoms with van der Waals surface area (Å²) in [6, 6.07) is 4.69. The van der Waals surface area contributed by atoms with Crippen LogP contribution in [0.2, 0.25) is 0 Å². The minimum absolute atomic E-state index is 0.400. The number of aromatic nitrogens is 1. The highest BCUT2D eigenvalue weighted by Crippen LogP contribution is 2.47. The lowest BCUT2D eigenvalue weighted by molar-refractivity contribution is 0.407. The molecule has 2 fully saturated rings. The molecule has 0 spiro atoms. The fourth-order valence-corrected chi connectivity index (χ4v) is 3.98. The third-order valence-electron chi connectivity index (χ3n) is 4.65. The van der Waals surface area contributed by atoms with Gasteiger partial charge in [-0.3, -0.25) is 0 Å². The average Bonchev–Trinajstić information content (AvgIpc) is 3.33. The van der Waals surface area contributed by atoms with Crippen LogP contribution in [-0.2, 0) is 6.54 Å². The standard InChI is InChI=1S/C17H22N2OS/c1-10-7-14(10)15-6-5-13(20-15)8-18-16(12-3-4-12)17-19-11(2)9-21-17/h5-6,9-10,12,14,16,18H,3-4,7-8H2,1-2H3/t10-,14+,16+/m0/s1. The minimum atomic E-state index is 0.400. The summed E-state index contributed by atoms with van der Waals surface area (Å²) in [5.74, 6) is 4.46. The molecule has 0 aliphatic heterocycles. The van der Waals surface area contributed by atoms with Gasteiger partial charge in [-0.2, -0.15) is 0 Å². The number of hydrogen-bond donors (Lipinski definition) is 1. The van der Waals surface area contributed by atoms with Crippen LogP contribution in [0.3, 0.4) is 0 Å². The van der Waals surface area contributed by atoms with E-state index in [1.54, 1.807) is 11.3 Å². The smallest absolute Gasteiger partial charge is 0.117 e. The van der Waals surface area contributed by atoms with Crippen molar-refractivity contribution in [2.24, 2.45) is 11.8 Å². The summed E-state index contributed by atoms with van der Waals surface area (Å²) >= 11 is 1.78. The van der Waals surface area contributed by atoms with Crippen molar-refractivity contribution in [3.8, 4) is 0 Å². The van der Waals surface area contributed by atoms with E-state index in [-0.39, 0.29) is 0 Å². The molecule has 0 saturated heterocycles. The van der Waals surface area contributed by atoms with Gasteiger partial charge in [0.05, 0.1) is 12.6 Å². The highest BCUT2D eigenvalue weighted by molar-refractivity contribution is 7.09. The van der Waals surface area contributed by atoms with Crippen LogP contribution in [0.1, 0.15) is 60.4 Å². The van der Waals surface area contributed by atoms with Crippen LogP contribution in [0, 0.1) is 18.8 Å². The SMILES string of the molecule is Cc1csc([C@H](NCc2ccc([C@@H]3C[C@@H]3C)o2)C2CC2)n1. The van der Waals surface area contributed by atoms with Crippen molar-refractivity contribution in [1.82, 2.24) is 10.3 Å². The van der Waals surface area contributed by atoms with Crippen LogP contribution in [0.5, 0.6) is 0 Å². The van der Waals surface area contributed by atoms with Gasteiger partial charge in [-0.05, 0) is 50.2 Å². The lowest BCUT2D eigenvalue weighted by Crippen LogP contribution is -2.22. The third-order valence-corrected chi connectivity index (χ3v) is 5.70. The van der Waals surface area contributed by atoms with Crippen LogP contribution < -0.4 is 5.32 Å². The van der Waals surface area contributed by atoms with Crippen molar-refractivity contribution in [3.05, 3.63) is 39.7 Å². The molecule has 2 heterocycles. The molecule has 2 aliphatic rings. The maximum Gasteiger partial charge on any atom is 0.117 e. The van der Waals surface area contributed by atoms with Crippen molar-refractivity contribution in [3.63, 3.8) is 0 Å². The summed E-state index contributed by atoms with van der Waals surface area (Å²) in [6.07, 6.45) is 3.92. The van der Waals surface area contributed by atoms with E-state index in [4.69, 9.17) is 4.42 Å². The van der Waals surface area contributed by atoms with Gasteiger partial charge in [0.15, 0.2) is 0 Å². The highest BCUT2D eigenvalue weighted by atomic mass is 32.1. The largest absolute Gasteiger partial charge is 0.464 e. The third kappa shape index (κ3) is 2.92. The number of furan rings is 1. The van der Waals surface area contributed by atoms with Crippen LogP contribution in [-0.4, -0.2) is 4.98 Å². The maximum absolute atomic E-state index is 5.99. The van der Waals surface area contributed by atoms with E-state index in [9.17, 15) is 0 Å². The highest BCUT2D eigenvalue weighted by Gasteiger charge is 2.37. The second kappa shape index (κ2) is 5.25. The van der Waals surface area contributed by atoms with Crippen LogP contribution in [0.15, 0.2) is 21.9 Å². The second-order valence-electron chi connectivity index (χ2n) is 6.65. The molecule has 1 N–H and O–H groups in total. The van der Waals surface area contributed by atoms with Gasteiger partial charge in [0.1, 0.15) is 16.5 Å². The van der Waals surface area contributed by atoms with E-state index in [0.717, 1.165) is 29.8 Å². The Labute approximate surface area is 129 Å². The van der Waals surface area contributed by atoms with Gasteiger partial charge in [0, 0.05) is 17.0 Å². The Morgan fingerprint density at radius 2 is 2.24 bits per heavy atom. The lowest BCUT2D eigenvalue weighted by Gasteiger charge is -2.14.